The second-order valence-corrected chi connectivity index (χ2v) is 7.26. The number of anilines is 1. The van der Waals surface area contributed by atoms with Crippen molar-refractivity contribution in [2.45, 2.75) is 26.2 Å². The van der Waals surface area contributed by atoms with E-state index in [1.807, 2.05) is 26.1 Å². The van der Waals surface area contributed by atoms with Crippen LogP contribution in [0.5, 0.6) is 0 Å². The summed E-state index contributed by atoms with van der Waals surface area (Å²) in [6.45, 7) is 2.02. The van der Waals surface area contributed by atoms with Gasteiger partial charge in [-0.25, -0.2) is 4.98 Å². The van der Waals surface area contributed by atoms with Gasteiger partial charge in [0.2, 0.25) is 5.91 Å². The van der Waals surface area contributed by atoms with E-state index in [1.165, 1.54) is 11.1 Å². The van der Waals surface area contributed by atoms with Crippen LogP contribution < -0.4 is 5.32 Å². The second kappa shape index (κ2) is 8.27. The molecule has 0 radical (unpaired) electrons. The van der Waals surface area contributed by atoms with E-state index in [1.54, 1.807) is 12.4 Å². The average Bonchev–Trinajstić information content (AvgIpc) is 3.02. The zero-order valence-electron chi connectivity index (χ0n) is 16.7. The number of carbonyl (C=O) groups excluding carboxylic acids is 1. The van der Waals surface area contributed by atoms with Crippen LogP contribution in [0.4, 0.5) is 5.69 Å². The predicted octanol–water partition coefficient (Wildman–Crippen LogP) is 4.91. The van der Waals surface area contributed by atoms with Crippen molar-refractivity contribution in [1.29, 1.82) is 0 Å². The maximum absolute atomic E-state index is 12.0. The summed E-state index contributed by atoms with van der Waals surface area (Å²) in [5.41, 5.74) is 6.48. The molecule has 0 saturated carbocycles. The molecule has 0 unspecified atom stereocenters. The van der Waals surface area contributed by atoms with Crippen LogP contribution in [-0.2, 0) is 18.3 Å². The van der Waals surface area contributed by atoms with Crippen LogP contribution in [0, 0.1) is 6.92 Å². The van der Waals surface area contributed by atoms with Gasteiger partial charge in [-0.1, -0.05) is 30.3 Å². The molecule has 1 amide bonds. The number of imidazole rings is 1. The average molecular weight is 384 g/mol. The molecule has 29 heavy (non-hydrogen) atoms. The van der Waals surface area contributed by atoms with Crippen molar-refractivity contribution < 1.29 is 4.79 Å². The number of rotatable bonds is 6. The van der Waals surface area contributed by atoms with Gasteiger partial charge in [-0.2, -0.15) is 0 Å². The van der Waals surface area contributed by atoms with Crippen molar-refractivity contribution in [3.8, 4) is 11.1 Å². The smallest absolute Gasteiger partial charge is 0.224 e. The fourth-order valence-corrected chi connectivity index (χ4v) is 3.48. The van der Waals surface area contributed by atoms with E-state index in [0.717, 1.165) is 41.0 Å². The number of aromatic nitrogens is 3. The molecule has 0 atom stereocenters. The van der Waals surface area contributed by atoms with Crippen LogP contribution in [0.15, 0.2) is 67.0 Å². The summed E-state index contributed by atoms with van der Waals surface area (Å²) in [6.07, 6.45) is 5.52. The van der Waals surface area contributed by atoms with Crippen molar-refractivity contribution in [2.24, 2.45) is 7.05 Å². The van der Waals surface area contributed by atoms with Gasteiger partial charge in [-0.15, -0.1) is 0 Å². The SMILES string of the molecule is Cc1nc2cc(-c3ccc(CCCC(=O)Nc4cccnc4)cc3)ccc2n1C. The van der Waals surface area contributed by atoms with E-state index < -0.39 is 0 Å². The minimum atomic E-state index is 0.0218. The van der Waals surface area contributed by atoms with Crippen LogP contribution >= 0.6 is 0 Å². The molecular weight excluding hydrogens is 360 g/mol. The van der Waals surface area contributed by atoms with Gasteiger partial charge in [0.1, 0.15) is 5.82 Å². The van der Waals surface area contributed by atoms with Crippen LogP contribution in [0.2, 0.25) is 0 Å². The first-order chi connectivity index (χ1) is 14.1. The third kappa shape index (κ3) is 4.35. The van der Waals surface area contributed by atoms with Crippen molar-refractivity contribution in [1.82, 2.24) is 14.5 Å². The quantitative estimate of drug-likeness (QED) is 0.514. The van der Waals surface area contributed by atoms with Crippen molar-refractivity contribution in [3.05, 3.63) is 78.4 Å². The molecule has 2 aromatic carbocycles. The highest BCUT2D eigenvalue weighted by molar-refractivity contribution is 5.90. The molecular formula is C24H24N4O. The van der Waals surface area contributed by atoms with E-state index in [-0.39, 0.29) is 5.91 Å². The minimum absolute atomic E-state index is 0.0218. The molecule has 146 valence electrons. The Morgan fingerprint density at radius 3 is 2.62 bits per heavy atom. The zero-order chi connectivity index (χ0) is 20.2. The summed E-state index contributed by atoms with van der Waals surface area (Å²) < 4.78 is 2.10. The third-order valence-electron chi connectivity index (χ3n) is 5.21. The van der Waals surface area contributed by atoms with Gasteiger partial charge >= 0.3 is 0 Å². The number of aryl methyl sites for hydroxylation is 3. The van der Waals surface area contributed by atoms with E-state index in [4.69, 9.17) is 0 Å². The lowest BCUT2D eigenvalue weighted by molar-refractivity contribution is -0.116. The summed E-state index contributed by atoms with van der Waals surface area (Å²) >= 11 is 0. The summed E-state index contributed by atoms with van der Waals surface area (Å²) in [6, 6.07) is 18.6. The largest absolute Gasteiger partial charge is 0.331 e. The molecule has 5 heteroatoms. The van der Waals surface area contributed by atoms with Gasteiger partial charge < -0.3 is 9.88 Å². The van der Waals surface area contributed by atoms with E-state index in [2.05, 4.69) is 62.3 Å². The standard InChI is InChI=1S/C24H24N4O/c1-17-26-22-15-20(12-13-23(22)28(17)2)19-10-8-18(9-11-19)5-3-7-24(29)27-21-6-4-14-25-16-21/h4,6,8-16H,3,5,7H2,1-2H3,(H,27,29). The van der Waals surface area contributed by atoms with E-state index >= 15 is 0 Å². The number of hydrogen-bond donors (Lipinski definition) is 1. The summed E-state index contributed by atoms with van der Waals surface area (Å²) in [5.74, 6) is 1.04. The number of hydrogen-bond acceptors (Lipinski definition) is 3. The maximum atomic E-state index is 12.0. The maximum Gasteiger partial charge on any atom is 0.224 e. The Hall–Kier alpha value is -3.47. The van der Waals surface area contributed by atoms with Crippen molar-refractivity contribution in [3.63, 3.8) is 0 Å². The van der Waals surface area contributed by atoms with Gasteiger partial charge in [0, 0.05) is 19.7 Å². The van der Waals surface area contributed by atoms with Crippen molar-refractivity contribution >= 4 is 22.6 Å². The normalized spacial score (nSPS) is 11.0. The Balaban J connectivity index is 1.35. The van der Waals surface area contributed by atoms with E-state index in [9.17, 15) is 4.79 Å². The molecule has 5 nitrogen and oxygen atoms in total. The first kappa shape index (κ1) is 18.9. The third-order valence-corrected chi connectivity index (χ3v) is 5.21. The molecule has 0 bridgehead atoms. The number of pyridine rings is 1. The van der Waals surface area contributed by atoms with E-state index in [0.29, 0.717) is 6.42 Å². The fourth-order valence-electron chi connectivity index (χ4n) is 3.48. The highest BCUT2D eigenvalue weighted by atomic mass is 16.1. The fraction of sp³-hybridized carbons (Fsp3) is 0.208. The Kier molecular flexibility index (Phi) is 5.38. The van der Waals surface area contributed by atoms with Crippen LogP contribution in [0.1, 0.15) is 24.2 Å². The first-order valence-corrected chi connectivity index (χ1v) is 9.82. The molecule has 0 aliphatic carbocycles. The highest BCUT2D eigenvalue weighted by Gasteiger charge is 2.07. The monoisotopic (exact) mass is 384 g/mol. The number of nitrogens with zero attached hydrogens (tertiary/aromatic N) is 3. The van der Waals surface area contributed by atoms with Crippen molar-refractivity contribution in [2.75, 3.05) is 5.32 Å². The Bertz CT molecular complexity index is 1130. The molecule has 0 aliphatic heterocycles. The molecule has 4 rings (SSSR count). The number of benzene rings is 2. The molecule has 0 saturated heterocycles. The summed E-state index contributed by atoms with van der Waals surface area (Å²) in [7, 11) is 2.04. The van der Waals surface area contributed by atoms with Gasteiger partial charge in [0.15, 0.2) is 0 Å². The molecule has 0 aliphatic rings. The van der Waals surface area contributed by atoms with Gasteiger partial charge in [0.05, 0.1) is 22.9 Å². The van der Waals surface area contributed by atoms with Gasteiger partial charge in [0.25, 0.3) is 0 Å². The zero-order valence-corrected chi connectivity index (χ0v) is 16.7. The van der Waals surface area contributed by atoms with Crippen LogP contribution in [0.25, 0.3) is 22.2 Å². The molecule has 0 fully saturated rings. The number of carbonyl (C=O) groups is 1. The molecule has 2 heterocycles. The van der Waals surface area contributed by atoms with Crippen LogP contribution in [-0.4, -0.2) is 20.4 Å². The van der Waals surface area contributed by atoms with Crippen LogP contribution in [0.3, 0.4) is 0 Å². The minimum Gasteiger partial charge on any atom is -0.331 e. The molecule has 0 spiro atoms. The molecule has 2 aromatic heterocycles. The first-order valence-electron chi connectivity index (χ1n) is 9.82. The summed E-state index contributed by atoms with van der Waals surface area (Å²) in [5, 5.41) is 2.87. The lowest BCUT2D eigenvalue weighted by Gasteiger charge is -2.06. The van der Waals surface area contributed by atoms with Gasteiger partial charge in [-0.3, -0.25) is 9.78 Å². The number of fused-ring (bicyclic) bond motifs is 1. The second-order valence-electron chi connectivity index (χ2n) is 7.26. The predicted molar refractivity (Wildman–Crippen MR) is 117 cm³/mol. The summed E-state index contributed by atoms with van der Waals surface area (Å²) in [4.78, 5) is 20.7. The molecule has 4 aromatic rings. The number of amides is 1. The Labute approximate surface area is 170 Å². The molecule has 1 N–H and O–H groups in total. The number of nitrogens with one attached hydrogen (secondary N) is 1. The topological polar surface area (TPSA) is 59.8 Å². The lowest BCUT2D eigenvalue weighted by Crippen LogP contribution is -2.11. The Morgan fingerprint density at radius 2 is 1.86 bits per heavy atom. The lowest BCUT2D eigenvalue weighted by atomic mass is 10.0. The van der Waals surface area contributed by atoms with Gasteiger partial charge in [-0.05, 0) is 60.7 Å². The Morgan fingerprint density at radius 1 is 1.07 bits per heavy atom. The highest BCUT2D eigenvalue weighted by Crippen LogP contribution is 2.25.